The fourth-order valence-corrected chi connectivity index (χ4v) is 3.00. The molecule has 0 spiro atoms. The van der Waals surface area contributed by atoms with Gasteiger partial charge in [0, 0.05) is 36.0 Å². The number of hydrazone groups is 1. The number of hydrogen-bond acceptors (Lipinski definition) is 6. The van der Waals surface area contributed by atoms with Gasteiger partial charge in [0.1, 0.15) is 17.2 Å². The molecule has 30 heavy (non-hydrogen) atoms. The molecule has 3 N–H and O–H groups in total. The minimum atomic E-state index is -0.433. The van der Waals surface area contributed by atoms with E-state index >= 15 is 0 Å². The molecular weight excluding hydrogens is 382 g/mol. The van der Waals surface area contributed by atoms with E-state index in [0.29, 0.717) is 11.3 Å². The normalized spacial score (nSPS) is 10.9. The third-order valence-corrected chi connectivity index (χ3v) is 4.72. The third kappa shape index (κ3) is 4.78. The Kier molecular flexibility index (Phi) is 6.69. The zero-order chi connectivity index (χ0) is 21.5. The van der Waals surface area contributed by atoms with Gasteiger partial charge in [-0.1, -0.05) is 0 Å². The number of rotatable bonds is 8. The summed E-state index contributed by atoms with van der Waals surface area (Å²) in [6.45, 7) is 5.81. The molecule has 0 radical (unpaired) electrons. The van der Waals surface area contributed by atoms with Crippen LogP contribution < -0.4 is 15.1 Å². The highest BCUT2D eigenvalue weighted by Gasteiger charge is 2.11. The van der Waals surface area contributed by atoms with Crippen molar-refractivity contribution in [2.24, 2.45) is 5.10 Å². The topological polar surface area (TPSA) is 103 Å². The molecule has 0 fully saturated rings. The first-order valence-corrected chi connectivity index (χ1v) is 9.66. The summed E-state index contributed by atoms with van der Waals surface area (Å²) in [6.07, 6.45) is 1.40. The second-order valence-electron chi connectivity index (χ2n) is 6.51. The molecule has 0 bridgehead atoms. The van der Waals surface area contributed by atoms with Gasteiger partial charge in [0.25, 0.3) is 5.91 Å². The van der Waals surface area contributed by atoms with E-state index in [4.69, 9.17) is 4.74 Å². The number of nitrogens with zero attached hydrogens (tertiary/aromatic N) is 3. The maximum atomic E-state index is 12.3. The number of aromatic amines is 1. The summed E-state index contributed by atoms with van der Waals surface area (Å²) in [5.74, 6) is 0.411. The zero-order valence-corrected chi connectivity index (χ0v) is 17.2. The van der Waals surface area contributed by atoms with Crippen molar-refractivity contribution in [1.29, 1.82) is 0 Å². The second kappa shape index (κ2) is 9.60. The molecule has 0 saturated heterocycles. The third-order valence-electron chi connectivity index (χ3n) is 4.72. The van der Waals surface area contributed by atoms with Gasteiger partial charge in [0.2, 0.25) is 0 Å². The maximum Gasteiger partial charge on any atom is 0.289 e. The highest BCUT2D eigenvalue weighted by Crippen LogP contribution is 2.24. The van der Waals surface area contributed by atoms with Crippen LogP contribution in [0.15, 0.2) is 53.6 Å². The molecule has 8 nitrogen and oxygen atoms in total. The summed E-state index contributed by atoms with van der Waals surface area (Å²) in [4.78, 5) is 14.4. The van der Waals surface area contributed by atoms with Gasteiger partial charge in [-0.25, -0.2) is 5.43 Å². The number of hydrogen-bond donors (Lipinski definition) is 3. The van der Waals surface area contributed by atoms with Crippen LogP contribution in [-0.2, 0) is 0 Å². The van der Waals surface area contributed by atoms with Crippen LogP contribution in [0.2, 0.25) is 0 Å². The fraction of sp³-hybridized carbons (Fsp3) is 0.227. The molecule has 1 aromatic heterocycles. The van der Waals surface area contributed by atoms with Crippen molar-refractivity contribution in [3.63, 3.8) is 0 Å². The maximum absolute atomic E-state index is 12.3. The molecule has 0 saturated carbocycles. The Morgan fingerprint density at radius 2 is 1.93 bits per heavy atom. The smallest absolute Gasteiger partial charge is 0.289 e. The molecule has 0 unspecified atom stereocenters. The fourth-order valence-electron chi connectivity index (χ4n) is 3.00. The number of aromatic hydroxyl groups is 1. The monoisotopic (exact) mass is 407 g/mol. The molecule has 0 aliphatic heterocycles. The number of benzene rings is 2. The first-order chi connectivity index (χ1) is 14.5. The van der Waals surface area contributed by atoms with Crippen LogP contribution in [-0.4, -0.2) is 47.6 Å². The summed E-state index contributed by atoms with van der Waals surface area (Å²) in [6, 6.07) is 14.4. The van der Waals surface area contributed by atoms with Crippen LogP contribution >= 0.6 is 0 Å². The molecule has 2 aromatic carbocycles. The number of aromatic nitrogens is 2. The second-order valence-corrected chi connectivity index (χ2v) is 6.51. The lowest BCUT2D eigenvalue weighted by Crippen LogP contribution is -2.21. The van der Waals surface area contributed by atoms with Crippen molar-refractivity contribution in [2.75, 3.05) is 25.1 Å². The molecule has 156 valence electrons. The molecule has 0 atom stereocenters. The first-order valence-electron chi connectivity index (χ1n) is 9.66. The summed E-state index contributed by atoms with van der Waals surface area (Å²) in [7, 11) is 1.60. The highest BCUT2D eigenvalue weighted by atomic mass is 16.5. The Bertz CT molecular complexity index is 1020. The van der Waals surface area contributed by atoms with Crippen molar-refractivity contribution in [3.05, 3.63) is 59.8 Å². The number of carbonyl (C=O) groups excluding carboxylic acids is 1. The van der Waals surface area contributed by atoms with Crippen LogP contribution in [0.3, 0.4) is 0 Å². The highest BCUT2D eigenvalue weighted by molar-refractivity contribution is 5.94. The molecule has 0 aliphatic rings. The summed E-state index contributed by atoms with van der Waals surface area (Å²) < 4.78 is 5.14. The van der Waals surface area contributed by atoms with Gasteiger partial charge >= 0.3 is 0 Å². The van der Waals surface area contributed by atoms with E-state index in [1.807, 2.05) is 30.3 Å². The Morgan fingerprint density at radius 1 is 1.20 bits per heavy atom. The van der Waals surface area contributed by atoms with Crippen molar-refractivity contribution in [2.45, 2.75) is 13.8 Å². The summed E-state index contributed by atoms with van der Waals surface area (Å²) >= 11 is 0. The van der Waals surface area contributed by atoms with E-state index in [9.17, 15) is 9.90 Å². The van der Waals surface area contributed by atoms with Crippen molar-refractivity contribution in [1.82, 2.24) is 15.6 Å². The SMILES string of the molecule is CCN(CC)c1ccc(C=NNC(=O)c2cc(-c3ccc(OC)cc3)n[nH]2)c(O)c1. The van der Waals surface area contributed by atoms with Crippen LogP contribution in [0, 0.1) is 0 Å². The van der Waals surface area contributed by atoms with E-state index in [1.54, 1.807) is 25.3 Å². The number of ether oxygens (including phenoxy) is 1. The first kappa shape index (κ1) is 20.9. The van der Waals surface area contributed by atoms with Crippen molar-refractivity contribution >= 4 is 17.8 Å². The molecule has 1 heterocycles. The minimum Gasteiger partial charge on any atom is -0.507 e. The number of methoxy groups -OCH3 is 1. The molecule has 8 heteroatoms. The summed E-state index contributed by atoms with van der Waals surface area (Å²) in [5, 5.41) is 21.0. The predicted octanol–water partition coefficient (Wildman–Crippen LogP) is 3.40. The molecule has 1 amide bonds. The molecule has 3 rings (SSSR count). The van der Waals surface area contributed by atoms with Gasteiger partial charge in [-0.05, 0) is 56.3 Å². The standard InChI is InChI=1S/C22H25N5O3/c1-4-27(5-2)17-9-6-16(21(28)12-17)14-23-26-22(29)20-13-19(24-25-20)15-7-10-18(30-3)11-8-15/h6-14,28H,4-5H2,1-3H3,(H,24,25)(H,26,29). The number of H-pyrrole nitrogens is 1. The Hall–Kier alpha value is -3.81. The van der Waals surface area contributed by atoms with Crippen LogP contribution in [0.4, 0.5) is 5.69 Å². The zero-order valence-electron chi connectivity index (χ0n) is 17.2. The van der Waals surface area contributed by atoms with Gasteiger partial charge in [-0.3, -0.25) is 9.89 Å². The molecule has 3 aromatic rings. The van der Waals surface area contributed by atoms with Gasteiger partial charge in [-0.2, -0.15) is 10.2 Å². The predicted molar refractivity (Wildman–Crippen MR) is 117 cm³/mol. The number of phenols is 1. The van der Waals surface area contributed by atoms with E-state index in [0.717, 1.165) is 30.1 Å². The van der Waals surface area contributed by atoms with Crippen LogP contribution in [0.25, 0.3) is 11.3 Å². The van der Waals surface area contributed by atoms with Crippen molar-refractivity contribution < 1.29 is 14.6 Å². The Balaban J connectivity index is 1.64. The van der Waals surface area contributed by atoms with E-state index in [1.165, 1.54) is 6.21 Å². The largest absolute Gasteiger partial charge is 0.507 e. The van der Waals surface area contributed by atoms with Crippen LogP contribution in [0.5, 0.6) is 11.5 Å². The Labute approximate surface area is 175 Å². The van der Waals surface area contributed by atoms with Gasteiger partial charge in [0.05, 0.1) is 19.0 Å². The quantitative estimate of drug-likeness (QED) is 0.392. The molecular formula is C22H25N5O3. The lowest BCUT2D eigenvalue weighted by Gasteiger charge is -2.21. The Morgan fingerprint density at radius 3 is 2.57 bits per heavy atom. The minimum absolute atomic E-state index is 0.0979. The number of phenolic OH excluding ortho intramolecular Hbond substituents is 1. The lowest BCUT2D eigenvalue weighted by molar-refractivity contribution is 0.0950. The van der Waals surface area contributed by atoms with Gasteiger partial charge in [-0.15, -0.1) is 0 Å². The average molecular weight is 407 g/mol. The number of amides is 1. The summed E-state index contributed by atoms with van der Waals surface area (Å²) in [5.41, 5.74) is 5.64. The average Bonchev–Trinajstić information content (AvgIpc) is 3.26. The number of carbonyl (C=O) groups is 1. The number of anilines is 1. The van der Waals surface area contributed by atoms with E-state index in [2.05, 4.69) is 39.5 Å². The van der Waals surface area contributed by atoms with Gasteiger partial charge < -0.3 is 14.7 Å². The molecule has 0 aliphatic carbocycles. The van der Waals surface area contributed by atoms with Gasteiger partial charge in [0.15, 0.2) is 0 Å². The number of nitrogens with one attached hydrogen (secondary N) is 2. The van der Waals surface area contributed by atoms with Crippen LogP contribution in [0.1, 0.15) is 29.9 Å². The van der Waals surface area contributed by atoms with E-state index < -0.39 is 5.91 Å². The van der Waals surface area contributed by atoms with Crippen molar-refractivity contribution in [3.8, 4) is 22.8 Å². The van der Waals surface area contributed by atoms with E-state index in [-0.39, 0.29) is 11.4 Å². The lowest BCUT2D eigenvalue weighted by atomic mass is 10.1.